The van der Waals surface area contributed by atoms with Crippen molar-refractivity contribution in [2.75, 3.05) is 18.5 Å². The van der Waals surface area contributed by atoms with Crippen molar-refractivity contribution in [1.29, 1.82) is 5.26 Å². The summed E-state index contributed by atoms with van der Waals surface area (Å²) in [5.41, 5.74) is 1.65. The molecule has 1 aromatic heterocycles. The number of nitrogens with zero attached hydrogens (tertiary/aromatic N) is 3. The fourth-order valence-corrected chi connectivity index (χ4v) is 2.02. The number of nitrogens with one attached hydrogen (secondary N) is 1. The fourth-order valence-electron chi connectivity index (χ4n) is 2.02. The minimum Gasteiger partial charge on any atom is -0.355 e. The van der Waals surface area contributed by atoms with Gasteiger partial charge in [0.2, 0.25) is 0 Å². The van der Waals surface area contributed by atoms with Crippen molar-refractivity contribution in [1.82, 2.24) is 10.3 Å². The summed E-state index contributed by atoms with van der Waals surface area (Å²) >= 11 is 0. The number of hydrogen-bond acceptors (Lipinski definition) is 4. The van der Waals surface area contributed by atoms with Crippen LogP contribution in [0.4, 0.5) is 5.69 Å². The minimum atomic E-state index is 0.376. The summed E-state index contributed by atoms with van der Waals surface area (Å²) in [7, 11) is 1.96. The third-order valence-electron chi connectivity index (χ3n) is 2.77. The highest BCUT2D eigenvalue weighted by molar-refractivity contribution is 5.50. The molecule has 0 radical (unpaired) electrons. The normalized spacial score (nSPS) is 20.3. The van der Waals surface area contributed by atoms with Crippen LogP contribution in [-0.4, -0.2) is 24.7 Å². The molecule has 0 saturated carbocycles. The third kappa shape index (κ3) is 1.92. The van der Waals surface area contributed by atoms with Crippen LogP contribution in [0.25, 0.3) is 0 Å². The van der Waals surface area contributed by atoms with Gasteiger partial charge in [-0.15, -0.1) is 0 Å². The zero-order valence-electron chi connectivity index (χ0n) is 8.77. The fraction of sp³-hybridized carbons (Fsp3) is 0.455. The van der Waals surface area contributed by atoms with Crippen molar-refractivity contribution in [2.24, 2.45) is 0 Å². The van der Waals surface area contributed by atoms with E-state index in [4.69, 9.17) is 5.26 Å². The Balaban J connectivity index is 2.25. The van der Waals surface area contributed by atoms with E-state index in [-0.39, 0.29) is 0 Å². The molecule has 1 saturated heterocycles. The van der Waals surface area contributed by atoms with E-state index in [0.717, 1.165) is 18.7 Å². The summed E-state index contributed by atoms with van der Waals surface area (Å²) in [6, 6.07) is 4.01. The third-order valence-corrected chi connectivity index (χ3v) is 2.77. The smallest absolute Gasteiger partial charge is 0.101 e. The summed E-state index contributed by atoms with van der Waals surface area (Å²) in [5, 5.41) is 12.1. The highest BCUT2D eigenvalue weighted by atomic mass is 15.3. The maximum Gasteiger partial charge on any atom is 0.101 e. The molecule has 1 unspecified atom stereocenters. The molecule has 2 heterocycles. The summed E-state index contributed by atoms with van der Waals surface area (Å²) in [5.74, 6) is 0. The predicted octanol–water partition coefficient (Wildman–Crippen LogP) is 1.10. The van der Waals surface area contributed by atoms with Gasteiger partial charge >= 0.3 is 0 Å². The monoisotopic (exact) mass is 202 g/mol. The lowest BCUT2D eigenvalue weighted by Gasteiger charge is -2.25. The quantitative estimate of drug-likeness (QED) is 0.780. The lowest BCUT2D eigenvalue weighted by molar-refractivity contribution is 0.582. The van der Waals surface area contributed by atoms with Crippen LogP contribution in [0, 0.1) is 11.3 Å². The molecule has 1 atom stereocenters. The van der Waals surface area contributed by atoms with Crippen LogP contribution in [0.3, 0.4) is 0 Å². The van der Waals surface area contributed by atoms with Gasteiger partial charge in [-0.2, -0.15) is 5.26 Å². The highest BCUT2D eigenvalue weighted by Gasteiger charge is 2.23. The lowest BCUT2D eigenvalue weighted by Crippen LogP contribution is -2.39. The molecule has 1 aromatic rings. The molecular weight excluding hydrogens is 188 g/mol. The summed E-state index contributed by atoms with van der Waals surface area (Å²) < 4.78 is 0. The van der Waals surface area contributed by atoms with E-state index >= 15 is 0 Å². The molecule has 4 heteroatoms. The molecule has 78 valence electrons. The van der Waals surface area contributed by atoms with Crippen LogP contribution in [0.2, 0.25) is 0 Å². The molecule has 1 aliphatic rings. The van der Waals surface area contributed by atoms with Gasteiger partial charge in [0.1, 0.15) is 6.07 Å². The molecule has 0 bridgehead atoms. The first kappa shape index (κ1) is 9.94. The van der Waals surface area contributed by atoms with Crippen LogP contribution in [0.1, 0.15) is 18.4 Å². The van der Waals surface area contributed by atoms with Gasteiger partial charge in [-0.1, -0.05) is 0 Å². The molecule has 0 aromatic carbocycles. The molecule has 0 aliphatic carbocycles. The van der Waals surface area contributed by atoms with Crippen LogP contribution < -0.4 is 10.2 Å². The Hall–Kier alpha value is -1.60. The van der Waals surface area contributed by atoms with E-state index < -0.39 is 0 Å². The Labute approximate surface area is 89.5 Å². The van der Waals surface area contributed by atoms with Crippen LogP contribution in [0.15, 0.2) is 18.5 Å². The van der Waals surface area contributed by atoms with E-state index in [1.807, 2.05) is 19.3 Å². The van der Waals surface area contributed by atoms with Crippen LogP contribution in [0.5, 0.6) is 0 Å². The molecular formula is C11H14N4. The van der Waals surface area contributed by atoms with Crippen molar-refractivity contribution in [3.8, 4) is 6.07 Å². The second-order valence-electron chi connectivity index (χ2n) is 3.68. The molecule has 1 N–H and O–H groups in total. The van der Waals surface area contributed by atoms with Crippen molar-refractivity contribution < 1.29 is 0 Å². The molecule has 4 nitrogen and oxygen atoms in total. The Morgan fingerprint density at radius 1 is 1.60 bits per heavy atom. The van der Waals surface area contributed by atoms with Gasteiger partial charge in [0.05, 0.1) is 23.6 Å². The summed E-state index contributed by atoms with van der Waals surface area (Å²) in [6.45, 7) is 1.03. The zero-order chi connectivity index (χ0) is 10.7. The standard InChI is InChI=1S/C11H14N4/c1-13-11-3-2-4-15(11)10-5-9(6-12)7-14-8-10/h5,7-8,11,13H,2-4H2,1H3. The van der Waals surface area contributed by atoms with Gasteiger partial charge in [0.15, 0.2) is 0 Å². The molecule has 2 rings (SSSR count). The minimum absolute atomic E-state index is 0.376. The number of anilines is 1. The highest BCUT2D eigenvalue weighted by Crippen LogP contribution is 2.23. The maximum absolute atomic E-state index is 8.80. The average molecular weight is 202 g/mol. The predicted molar refractivity (Wildman–Crippen MR) is 58.4 cm³/mol. The number of nitriles is 1. The lowest BCUT2D eigenvalue weighted by atomic mass is 10.2. The Kier molecular flexibility index (Phi) is 2.84. The molecule has 1 fully saturated rings. The Bertz CT molecular complexity index is 382. The van der Waals surface area contributed by atoms with Crippen LogP contribution >= 0.6 is 0 Å². The second-order valence-corrected chi connectivity index (χ2v) is 3.68. The molecule has 0 spiro atoms. The van der Waals surface area contributed by atoms with E-state index in [2.05, 4.69) is 21.3 Å². The largest absolute Gasteiger partial charge is 0.355 e. The van der Waals surface area contributed by atoms with E-state index in [9.17, 15) is 0 Å². The number of hydrogen-bond donors (Lipinski definition) is 1. The number of pyridine rings is 1. The average Bonchev–Trinajstić information content (AvgIpc) is 2.77. The first-order valence-corrected chi connectivity index (χ1v) is 5.14. The Morgan fingerprint density at radius 3 is 3.20 bits per heavy atom. The molecule has 1 aliphatic heterocycles. The van der Waals surface area contributed by atoms with E-state index in [1.165, 1.54) is 6.42 Å². The van der Waals surface area contributed by atoms with Gasteiger partial charge in [-0.3, -0.25) is 4.98 Å². The van der Waals surface area contributed by atoms with Crippen molar-refractivity contribution in [3.63, 3.8) is 0 Å². The second kappa shape index (κ2) is 4.28. The first-order chi connectivity index (χ1) is 7.35. The number of rotatable bonds is 2. The van der Waals surface area contributed by atoms with Gasteiger partial charge in [-0.05, 0) is 26.0 Å². The van der Waals surface area contributed by atoms with E-state index in [0.29, 0.717) is 11.7 Å². The maximum atomic E-state index is 8.80. The van der Waals surface area contributed by atoms with Gasteiger partial charge in [0.25, 0.3) is 0 Å². The van der Waals surface area contributed by atoms with Gasteiger partial charge in [-0.25, -0.2) is 0 Å². The Morgan fingerprint density at radius 2 is 2.47 bits per heavy atom. The summed E-state index contributed by atoms with van der Waals surface area (Å²) in [4.78, 5) is 6.33. The number of aromatic nitrogens is 1. The first-order valence-electron chi connectivity index (χ1n) is 5.14. The summed E-state index contributed by atoms with van der Waals surface area (Å²) in [6.07, 6.45) is 6.11. The zero-order valence-corrected chi connectivity index (χ0v) is 8.77. The van der Waals surface area contributed by atoms with Crippen molar-refractivity contribution in [2.45, 2.75) is 19.0 Å². The van der Waals surface area contributed by atoms with Crippen LogP contribution in [-0.2, 0) is 0 Å². The van der Waals surface area contributed by atoms with Gasteiger partial charge in [0, 0.05) is 12.7 Å². The SMILES string of the molecule is CNC1CCCN1c1cncc(C#N)c1. The molecule has 15 heavy (non-hydrogen) atoms. The van der Waals surface area contributed by atoms with Crippen molar-refractivity contribution in [3.05, 3.63) is 24.0 Å². The van der Waals surface area contributed by atoms with Gasteiger partial charge < -0.3 is 10.2 Å². The van der Waals surface area contributed by atoms with E-state index in [1.54, 1.807) is 6.20 Å². The van der Waals surface area contributed by atoms with Crippen molar-refractivity contribution >= 4 is 5.69 Å². The topological polar surface area (TPSA) is 52.0 Å². The molecule has 0 amide bonds.